The number of amides is 1. The van der Waals surface area contributed by atoms with Gasteiger partial charge < -0.3 is 25.8 Å². The van der Waals surface area contributed by atoms with Crippen LogP contribution in [0.2, 0.25) is 0 Å². The Kier molecular flexibility index (Phi) is 7.84. The first kappa shape index (κ1) is 25.0. The number of anilines is 3. The van der Waals surface area contributed by atoms with Gasteiger partial charge in [0.1, 0.15) is 5.75 Å². The second kappa shape index (κ2) is 11.6. The van der Waals surface area contributed by atoms with Crippen LogP contribution in [0.25, 0.3) is 11.3 Å². The SMILES string of the molecule is CC1CCOCc2cc(ccc2OC2CCCCC2)Nc2nccc(n2)-c2ccc(cc2N)C(=O)NC1. The van der Waals surface area contributed by atoms with E-state index in [9.17, 15) is 4.79 Å². The molecule has 1 saturated carbocycles. The predicted octanol–water partition coefficient (Wildman–Crippen LogP) is 5.47. The van der Waals surface area contributed by atoms with Crippen LogP contribution in [0, 0.1) is 5.92 Å². The number of nitrogen functional groups attached to an aromatic ring is 1. The quantitative estimate of drug-likeness (QED) is 0.399. The van der Waals surface area contributed by atoms with Crippen molar-refractivity contribution >= 4 is 23.2 Å². The van der Waals surface area contributed by atoms with Crippen LogP contribution in [0.4, 0.5) is 17.3 Å². The molecule has 0 saturated heterocycles. The van der Waals surface area contributed by atoms with Crippen LogP contribution in [-0.2, 0) is 11.3 Å². The molecule has 3 aliphatic rings. The minimum atomic E-state index is -0.144. The number of benzene rings is 2. The number of ether oxygens (including phenoxy) is 2. The summed E-state index contributed by atoms with van der Waals surface area (Å²) in [7, 11) is 0. The molecule has 2 aromatic carbocycles. The van der Waals surface area contributed by atoms with E-state index in [1.165, 1.54) is 19.3 Å². The number of nitrogens with zero attached hydrogens (tertiary/aromatic N) is 2. The van der Waals surface area contributed by atoms with Crippen molar-refractivity contribution in [1.29, 1.82) is 0 Å². The van der Waals surface area contributed by atoms with Crippen molar-refractivity contribution in [3.8, 4) is 17.0 Å². The van der Waals surface area contributed by atoms with E-state index in [1.54, 1.807) is 24.4 Å². The third kappa shape index (κ3) is 6.38. The van der Waals surface area contributed by atoms with E-state index in [-0.39, 0.29) is 17.9 Å². The highest BCUT2D eigenvalue weighted by molar-refractivity contribution is 5.96. The summed E-state index contributed by atoms with van der Waals surface area (Å²) >= 11 is 0. The van der Waals surface area contributed by atoms with E-state index in [2.05, 4.69) is 33.6 Å². The van der Waals surface area contributed by atoms with Crippen LogP contribution >= 0.6 is 0 Å². The summed E-state index contributed by atoms with van der Waals surface area (Å²) in [5.74, 6) is 1.45. The van der Waals surface area contributed by atoms with Crippen molar-refractivity contribution in [1.82, 2.24) is 15.3 Å². The van der Waals surface area contributed by atoms with Crippen molar-refractivity contribution < 1.29 is 14.3 Å². The molecule has 37 heavy (non-hydrogen) atoms. The normalized spacial score (nSPS) is 19.2. The molecule has 1 fully saturated rings. The lowest BCUT2D eigenvalue weighted by Gasteiger charge is -2.24. The lowest BCUT2D eigenvalue weighted by atomic mass is 9.97. The van der Waals surface area contributed by atoms with Gasteiger partial charge in [-0.1, -0.05) is 13.3 Å². The first-order chi connectivity index (χ1) is 18.0. The molecule has 0 radical (unpaired) electrons. The van der Waals surface area contributed by atoms with Crippen LogP contribution < -0.4 is 21.1 Å². The van der Waals surface area contributed by atoms with Crippen molar-refractivity contribution in [3.63, 3.8) is 0 Å². The maximum absolute atomic E-state index is 12.7. The first-order valence-electron chi connectivity index (χ1n) is 13.2. The fourth-order valence-corrected chi connectivity index (χ4v) is 4.82. The molecular weight excluding hydrogens is 466 g/mol. The van der Waals surface area contributed by atoms with Crippen LogP contribution in [0.15, 0.2) is 48.7 Å². The molecule has 1 unspecified atom stereocenters. The largest absolute Gasteiger partial charge is 0.490 e. The van der Waals surface area contributed by atoms with Gasteiger partial charge >= 0.3 is 0 Å². The van der Waals surface area contributed by atoms with Gasteiger partial charge in [0.25, 0.3) is 5.91 Å². The van der Waals surface area contributed by atoms with Gasteiger partial charge in [0.05, 0.1) is 18.4 Å². The number of nitrogens with two attached hydrogens (primary N) is 1. The van der Waals surface area contributed by atoms with E-state index >= 15 is 0 Å². The Morgan fingerprint density at radius 1 is 1.05 bits per heavy atom. The summed E-state index contributed by atoms with van der Waals surface area (Å²) in [6, 6.07) is 13.2. The molecule has 1 aromatic heterocycles. The van der Waals surface area contributed by atoms with Crippen LogP contribution in [-0.4, -0.2) is 35.1 Å². The molecule has 4 N–H and O–H groups in total. The second-order valence-corrected chi connectivity index (χ2v) is 10.0. The third-order valence-electron chi connectivity index (χ3n) is 7.03. The van der Waals surface area contributed by atoms with Gasteiger partial charge in [-0.15, -0.1) is 0 Å². The zero-order chi connectivity index (χ0) is 25.6. The lowest BCUT2D eigenvalue weighted by molar-refractivity contribution is 0.0917. The Morgan fingerprint density at radius 2 is 1.92 bits per heavy atom. The van der Waals surface area contributed by atoms with E-state index in [0.717, 1.165) is 41.8 Å². The topological polar surface area (TPSA) is 111 Å². The van der Waals surface area contributed by atoms with E-state index in [0.29, 0.717) is 42.7 Å². The molecule has 1 amide bonds. The lowest BCUT2D eigenvalue weighted by Crippen LogP contribution is -2.28. The van der Waals surface area contributed by atoms with E-state index in [4.69, 9.17) is 15.2 Å². The highest BCUT2D eigenvalue weighted by atomic mass is 16.5. The molecule has 6 rings (SSSR count). The number of nitrogens with one attached hydrogen (secondary N) is 2. The fraction of sp³-hybridized carbons (Fsp3) is 0.414. The van der Waals surface area contributed by atoms with Crippen molar-refractivity contribution in [2.45, 2.75) is 58.2 Å². The number of rotatable bonds is 2. The van der Waals surface area contributed by atoms with Crippen molar-refractivity contribution in [2.75, 3.05) is 24.2 Å². The monoisotopic (exact) mass is 501 g/mol. The van der Waals surface area contributed by atoms with Gasteiger partial charge in [-0.2, -0.15) is 0 Å². The number of hydrogen-bond acceptors (Lipinski definition) is 7. The molecule has 194 valence electrons. The summed E-state index contributed by atoms with van der Waals surface area (Å²) in [5, 5.41) is 6.32. The Hall–Kier alpha value is -3.65. The fourth-order valence-electron chi connectivity index (χ4n) is 4.82. The maximum atomic E-state index is 12.7. The van der Waals surface area contributed by atoms with Gasteiger partial charge in [-0.25, -0.2) is 9.97 Å². The van der Waals surface area contributed by atoms with Gasteiger partial charge in [-0.3, -0.25) is 4.79 Å². The standard InChI is InChI=1S/C29H35N5O3/c1-19-12-14-36-18-21-15-22(8-10-27(21)37-23-5-3-2-4-6-23)33-29-31-13-11-26(34-29)24-9-7-20(16-25(24)30)28(35)32-17-19/h7-11,13,15-16,19,23H,2-6,12,14,17-18,30H2,1H3,(H,32,35)(H,31,33,34). The molecule has 3 heterocycles. The highest BCUT2D eigenvalue weighted by Crippen LogP contribution is 2.31. The minimum Gasteiger partial charge on any atom is -0.490 e. The van der Waals surface area contributed by atoms with E-state index < -0.39 is 0 Å². The van der Waals surface area contributed by atoms with Gasteiger partial charge in [0.15, 0.2) is 0 Å². The molecule has 2 aliphatic heterocycles. The number of carbonyl (C=O) groups excluding carboxylic acids is 1. The maximum Gasteiger partial charge on any atom is 0.251 e. The average molecular weight is 502 g/mol. The van der Waals surface area contributed by atoms with Gasteiger partial charge in [0.2, 0.25) is 5.95 Å². The molecule has 0 spiro atoms. The Labute approximate surface area is 218 Å². The highest BCUT2D eigenvalue weighted by Gasteiger charge is 2.18. The number of aromatic nitrogens is 2. The Bertz CT molecular complexity index is 1240. The third-order valence-corrected chi connectivity index (χ3v) is 7.03. The Balaban J connectivity index is 1.45. The van der Waals surface area contributed by atoms with E-state index in [1.807, 2.05) is 18.2 Å². The molecule has 8 heteroatoms. The molecule has 8 nitrogen and oxygen atoms in total. The smallest absolute Gasteiger partial charge is 0.251 e. The minimum absolute atomic E-state index is 0.144. The van der Waals surface area contributed by atoms with Crippen LogP contribution in [0.1, 0.15) is 61.4 Å². The number of carbonyl (C=O) groups is 1. The van der Waals surface area contributed by atoms with Crippen molar-refractivity contribution in [2.24, 2.45) is 5.92 Å². The average Bonchev–Trinajstić information content (AvgIpc) is 2.91. The molecule has 1 aliphatic carbocycles. The Morgan fingerprint density at radius 3 is 2.76 bits per heavy atom. The molecular formula is C29H35N5O3. The zero-order valence-electron chi connectivity index (χ0n) is 21.3. The summed E-state index contributed by atoms with van der Waals surface area (Å²) in [4.78, 5) is 21.8. The number of fused-ring (bicyclic) bond motifs is 9. The van der Waals surface area contributed by atoms with Gasteiger partial charge in [-0.05, 0) is 80.5 Å². The van der Waals surface area contributed by atoms with Gasteiger partial charge in [0, 0.05) is 47.4 Å². The molecule has 1 atom stereocenters. The number of hydrogen-bond donors (Lipinski definition) is 3. The molecule has 6 bridgehead atoms. The zero-order valence-corrected chi connectivity index (χ0v) is 21.3. The predicted molar refractivity (Wildman–Crippen MR) is 145 cm³/mol. The summed E-state index contributed by atoms with van der Waals surface area (Å²) < 4.78 is 12.5. The van der Waals surface area contributed by atoms with Crippen LogP contribution in [0.5, 0.6) is 5.75 Å². The van der Waals surface area contributed by atoms with Crippen molar-refractivity contribution in [3.05, 3.63) is 59.8 Å². The first-order valence-corrected chi connectivity index (χ1v) is 13.2. The van der Waals surface area contributed by atoms with Crippen LogP contribution in [0.3, 0.4) is 0 Å². The summed E-state index contributed by atoms with van der Waals surface area (Å²) in [6.45, 7) is 3.70. The summed E-state index contributed by atoms with van der Waals surface area (Å²) in [6.07, 6.45) is 8.67. The summed E-state index contributed by atoms with van der Waals surface area (Å²) in [5.41, 5.74) is 10.6. The second-order valence-electron chi connectivity index (χ2n) is 10.0. The molecule has 3 aromatic rings.